The van der Waals surface area contributed by atoms with E-state index in [-0.39, 0.29) is 16.4 Å². The van der Waals surface area contributed by atoms with Crippen LogP contribution in [-0.2, 0) is 0 Å². The van der Waals surface area contributed by atoms with E-state index < -0.39 is 11.7 Å². The minimum Gasteiger partial charge on any atom is -0.305 e. The van der Waals surface area contributed by atoms with Crippen LogP contribution in [0, 0.1) is 5.82 Å². The molecule has 23 heavy (non-hydrogen) atoms. The molecule has 0 radical (unpaired) electrons. The molecule has 0 aliphatic rings. The number of pyridine rings is 1. The molecule has 0 aliphatic carbocycles. The quantitative estimate of drug-likeness (QED) is 0.798. The lowest BCUT2D eigenvalue weighted by atomic mass is 10.2. The number of halogens is 2. The van der Waals surface area contributed by atoms with E-state index in [0.29, 0.717) is 11.4 Å². The molecule has 114 valence electrons. The Bertz CT molecular complexity index is 840. The summed E-state index contributed by atoms with van der Waals surface area (Å²) in [5.41, 5.74) is 1.50. The summed E-state index contributed by atoms with van der Waals surface area (Å²) in [7, 11) is 0. The van der Waals surface area contributed by atoms with E-state index in [4.69, 9.17) is 11.6 Å². The average molecular weight is 329 g/mol. The first kappa shape index (κ1) is 15.1. The zero-order valence-electron chi connectivity index (χ0n) is 11.7. The molecule has 0 bridgehead atoms. The second-order valence-electron chi connectivity index (χ2n) is 4.60. The molecular formula is C16H10ClFN4O. The summed E-state index contributed by atoms with van der Waals surface area (Å²) >= 11 is 5.66. The molecule has 1 N–H and O–H groups in total. The number of nitrogens with one attached hydrogen (secondary N) is 1. The van der Waals surface area contributed by atoms with Crippen LogP contribution in [0.3, 0.4) is 0 Å². The number of anilines is 1. The topological polar surface area (TPSA) is 67.8 Å². The number of nitrogens with zero attached hydrogens (tertiary/aromatic N) is 3. The van der Waals surface area contributed by atoms with Gasteiger partial charge in [0.1, 0.15) is 11.5 Å². The lowest BCUT2D eigenvalue weighted by Crippen LogP contribution is -2.13. The van der Waals surface area contributed by atoms with E-state index in [9.17, 15) is 9.18 Å². The maximum atomic E-state index is 13.1. The first-order valence-electron chi connectivity index (χ1n) is 6.65. The van der Waals surface area contributed by atoms with Gasteiger partial charge in [-0.3, -0.25) is 9.78 Å². The van der Waals surface area contributed by atoms with E-state index in [0.717, 1.165) is 6.07 Å². The summed E-state index contributed by atoms with van der Waals surface area (Å²) < 4.78 is 13.1. The highest BCUT2D eigenvalue weighted by atomic mass is 35.5. The lowest BCUT2D eigenvalue weighted by Gasteiger charge is -2.05. The Labute approximate surface area is 136 Å². The second kappa shape index (κ2) is 6.50. The maximum absolute atomic E-state index is 13.1. The minimum absolute atomic E-state index is 0.116. The van der Waals surface area contributed by atoms with E-state index in [2.05, 4.69) is 20.5 Å². The van der Waals surface area contributed by atoms with Crippen LogP contribution >= 0.6 is 11.6 Å². The molecule has 2 heterocycles. The number of aromatic nitrogens is 3. The van der Waals surface area contributed by atoms with E-state index in [1.54, 1.807) is 24.4 Å². The van der Waals surface area contributed by atoms with Gasteiger partial charge in [-0.1, -0.05) is 17.7 Å². The summed E-state index contributed by atoms with van der Waals surface area (Å²) in [6.07, 6.45) is 1.66. The molecule has 3 rings (SSSR count). The number of hydrogen-bond acceptors (Lipinski definition) is 4. The Morgan fingerprint density at radius 2 is 1.91 bits per heavy atom. The van der Waals surface area contributed by atoms with Crippen molar-refractivity contribution in [2.75, 3.05) is 5.32 Å². The van der Waals surface area contributed by atoms with Crippen molar-refractivity contribution < 1.29 is 9.18 Å². The fourth-order valence-corrected chi connectivity index (χ4v) is 2.06. The van der Waals surface area contributed by atoms with Crippen molar-refractivity contribution in [1.82, 2.24) is 15.2 Å². The third-order valence-electron chi connectivity index (χ3n) is 3.02. The SMILES string of the molecule is O=C(Nc1ccc(-c2ccccn2)nn1)c1ccc(F)c(Cl)c1. The van der Waals surface area contributed by atoms with Crippen molar-refractivity contribution in [3.8, 4) is 11.4 Å². The Balaban J connectivity index is 1.75. The number of rotatable bonds is 3. The molecule has 0 atom stereocenters. The predicted molar refractivity (Wildman–Crippen MR) is 84.6 cm³/mol. The van der Waals surface area contributed by atoms with Gasteiger partial charge in [0, 0.05) is 11.8 Å². The maximum Gasteiger partial charge on any atom is 0.256 e. The Morgan fingerprint density at radius 3 is 2.57 bits per heavy atom. The van der Waals surface area contributed by atoms with Crippen LogP contribution in [0.15, 0.2) is 54.7 Å². The summed E-state index contributed by atoms with van der Waals surface area (Å²) in [5.74, 6) is -0.760. The Hall–Kier alpha value is -2.86. The molecule has 0 spiro atoms. The van der Waals surface area contributed by atoms with Crippen molar-refractivity contribution in [3.05, 3.63) is 71.1 Å². The Kier molecular flexibility index (Phi) is 4.25. The van der Waals surface area contributed by atoms with Gasteiger partial charge in [0.25, 0.3) is 5.91 Å². The number of amides is 1. The van der Waals surface area contributed by atoms with Gasteiger partial charge in [-0.25, -0.2) is 4.39 Å². The third kappa shape index (κ3) is 3.49. The normalized spacial score (nSPS) is 10.3. The van der Waals surface area contributed by atoms with Gasteiger partial charge in [-0.2, -0.15) is 0 Å². The zero-order chi connectivity index (χ0) is 16.2. The third-order valence-corrected chi connectivity index (χ3v) is 3.30. The fraction of sp³-hybridized carbons (Fsp3) is 0. The molecule has 3 aromatic rings. The first-order valence-corrected chi connectivity index (χ1v) is 7.03. The van der Waals surface area contributed by atoms with Gasteiger partial charge in [0.2, 0.25) is 0 Å². The fourth-order valence-electron chi connectivity index (χ4n) is 1.88. The monoisotopic (exact) mass is 328 g/mol. The van der Waals surface area contributed by atoms with Gasteiger partial charge in [0.05, 0.1) is 10.7 Å². The molecule has 0 saturated heterocycles. The van der Waals surface area contributed by atoms with E-state index in [1.807, 2.05) is 12.1 Å². The summed E-state index contributed by atoms with van der Waals surface area (Å²) in [6, 6.07) is 12.5. The molecule has 0 saturated carbocycles. The van der Waals surface area contributed by atoms with E-state index >= 15 is 0 Å². The summed E-state index contributed by atoms with van der Waals surface area (Å²) in [4.78, 5) is 16.2. The van der Waals surface area contributed by atoms with Crippen LogP contribution < -0.4 is 5.32 Å². The van der Waals surface area contributed by atoms with Crippen molar-refractivity contribution >= 4 is 23.3 Å². The van der Waals surface area contributed by atoms with Crippen LogP contribution in [0.2, 0.25) is 5.02 Å². The van der Waals surface area contributed by atoms with Gasteiger partial charge in [0.15, 0.2) is 5.82 Å². The number of benzene rings is 1. The number of carbonyl (C=O) groups is 1. The van der Waals surface area contributed by atoms with Crippen LogP contribution in [-0.4, -0.2) is 21.1 Å². The first-order chi connectivity index (χ1) is 11.1. The minimum atomic E-state index is -0.581. The summed E-state index contributed by atoms with van der Waals surface area (Å²) in [5, 5.41) is 10.4. The number of carbonyl (C=O) groups excluding carboxylic acids is 1. The average Bonchev–Trinajstić information content (AvgIpc) is 2.59. The molecule has 5 nitrogen and oxygen atoms in total. The van der Waals surface area contributed by atoms with Crippen molar-refractivity contribution in [3.63, 3.8) is 0 Å². The lowest BCUT2D eigenvalue weighted by molar-refractivity contribution is 0.102. The molecular weight excluding hydrogens is 319 g/mol. The molecule has 1 amide bonds. The van der Waals surface area contributed by atoms with Crippen LogP contribution in [0.1, 0.15) is 10.4 Å². The highest BCUT2D eigenvalue weighted by Crippen LogP contribution is 2.17. The van der Waals surface area contributed by atoms with Gasteiger partial charge in [-0.15, -0.1) is 10.2 Å². The van der Waals surface area contributed by atoms with Crippen LogP contribution in [0.5, 0.6) is 0 Å². The molecule has 1 aromatic carbocycles. The van der Waals surface area contributed by atoms with Crippen LogP contribution in [0.4, 0.5) is 10.2 Å². The number of hydrogen-bond donors (Lipinski definition) is 1. The van der Waals surface area contributed by atoms with Crippen molar-refractivity contribution in [2.45, 2.75) is 0 Å². The standard InChI is InChI=1S/C16H10ClFN4O/c17-11-9-10(4-5-12(11)18)16(23)20-15-7-6-14(21-22-15)13-3-1-2-8-19-13/h1-9H,(H,20,22,23). The molecule has 0 aliphatic heterocycles. The smallest absolute Gasteiger partial charge is 0.256 e. The second-order valence-corrected chi connectivity index (χ2v) is 5.01. The van der Waals surface area contributed by atoms with Crippen LogP contribution in [0.25, 0.3) is 11.4 Å². The predicted octanol–water partition coefficient (Wildman–Crippen LogP) is 3.58. The highest BCUT2D eigenvalue weighted by molar-refractivity contribution is 6.31. The molecule has 0 unspecified atom stereocenters. The van der Waals surface area contributed by atoms with E-state index in [1.165, 1.54) is 12.1 Å². The van der Waals surface area contributed by atoms with Gasteiger partial charge in [-0.05, 0) is 42.5 Å². The van der Waals surface area contributed by atoms with Gasteiger partial charge >= 0.3 is 0 Å². The Morgan fingerprint density at radius 1 is 1.04 bits per heavy atom. The van der Waals surface area contributed by atoms with Crippen molar-refractivity contribution in [2.24, 2.45) is 0 Å². The van der Waals surface area contributed by atoms with Crippen molar-refractivity contribution in [1.29, 1.82) is 0 Å². The summed E-state index contributed by atoms with van der Waals surface area (Å²) in [6.45, 7) is 0. The zero-order valence-corrected chi connectivity index (χ0v) is 12.5. The highest BCUT2D eigenvalue weighted by Gasteiger charge is 2.10. The molecule has 2 aromatic heterocycles. The van der Waals surface area contributed by atoms with Gasteiger partial charge < -0.3 is 5.32 Å². The largest absolute Gasteiger partial charge is 0.305 e. The molecule has 7 heteroatoms. The molecule has 0 fully saturated rings.